The summed E-state index contributed by atoms with van der Waals surface area (Å²) in [5.41, 5.74) is 1.11. The first-order valence-electron chi connectivity index (χ1n) is 8.58. The van der Waals surface area contributed by atoms with Crippen LogP contribution in [0, 0.1) is 11.8 Å². The van der Waals surface area contributed by atoms with E-state index >= 15 is 0 Å². The van der Waals surface area contributed by atoms with Gasteiger partial charge in [0.1, 0.15) is 0 Å². The lowest BCUT2D eigenvalue weighted by atomic mass is 9.84. The van der Waals surface area contributed by atoms with Crippen molar-refractivity contribution in [3.05, 3.63) is 72.4 Å². The van der Waals surface area contributed by atoms with Crippen molar-refractivity contribution >= 4 is 35.0 Å². The first kappa shape index (κ1) is 16.2. The van der Waals surface area contributed by atoms with Gasteiger partial charge in [-0.15, -0.1) is 0 Å². The van der Waals surface area contributed by atoms with Crippen LogP contribution in [0.2, 0.25) is 0 Å². The maximum absolute atomic E-state index is 12.9. The van der Waals surface area contributed by atoms with Crippen LogP contribution in [0.5, 0.6) is 0 Å². The highest BCUT2D eigenvalue weighted by molar-refractivity contribution is 6.38. The Bertz CT molecular complexity index is 1060. The molecule has 2 aromatic rings. The number of rotatable bonds is 2. The minimum atomic E-state index is -0.812. The van der Waals surface area contributed by atoms with Crippen molar-refractivity contribution in [2.45, 2.75) is 0 Å². The van der Waals surface area contributed by atoms with Gasteiger partial charge >= 0.3 is 0 Å². The van der Waals surface area contributed by atoms with E-state index in [1.807, 2.05) is 0 Å². The highest BCUT2D eigenvalue weighted by atomic mass is 16.2. The Labute approximate surface area is 158 Å². The molecule has 8 heteroatoms. The SMILES string of the molecule is O=C1C2=CC3C(=O)N(c4ccncc4)C(=O)C3C=C2C(=O)N1c1ccncc1. The van der Waals surface area contributed by atoms with E-state index < -0.39 is 35.5 Å². The van der Waals surface area contributed by atoms with Crippen LogP contribution in [0.3, 0.4) is 0 Å². The van der Waals surface area contributed by atoms with Crippen molar-refractivity contribution in [3.8, 4) is 0 Å². The Hall–Kier alpha value is -3.94. The van der Waals surface area contributed by atoms with Crippen LogP contribution in [0.25, 0.3) is 0 Å². The molecule has 2 unspecified atom stereocenters. The maximum atomic E-state index is 12.9. The largest absolute Gasteiger partial charge is 0.273 e. The molecule has 3 aliphatic rings. The van der Waals surface area contributed by atoms with Crippen molar-refractivity contribution < 1.29 is 19.2 Å². The predicted octanol–water partition coefficient (Wildman–Crippen LogP) is 1.02. The van der Waals surface area contributed by atoms with Crippen molar-refractivity contribution in [1.82, 2.24) is 9.97 Å². The van der Waals surface area contributed by atoms with Crippen molar-refractivity contribution in [3.63, 3.8) is 0 Å². The van der Waals surface area contributed by atoms with Crippen LogP contribution in [0.4, 0.5) is 11.4 Å². The molecule has 2 saturated heterocycles. The summed E-state index contributed by atoms with van der Waals surface area (Å²) in [6.45, 7) is 0. The minimum Gasteiger partial charge on any atom is -0.273 e. The van der Waals surface area contributed by atoms with E-state index in [2.05, 4.69) is 9.97 Å². The molecule has 8 nitrogen and oxygen atoms in total. The van der Waals surface area contributed by atoms with Crippen molar-refractivity contribution in [2.75, 3.05) is 9.80 Å². The zero-order valence-corrected chi connectivity index (χ0v) is 14.4. The fourth-order valence-corrected chi connectivity index (χ4v) is 3.78. The zero-order valence-electron chi connectivity index (χ0n) is 14.4. The number of fused-ring (bicyclic) bond motifs is 2. The topological polar surface area (TPSA) is 101 Å². The zero-order chi connectivity index (χ0) is 19.4. The molecule has 0 radical (unpaired) electrons. The number of amides is 4. The van der Waals surface area contributed by atoms with Gasteiger partial charge in [-0.1, -0.05) is 12.2 Å². The van der Waals surface area contributed by atoms with Gasteiger partial charge in [-0.05, 0) is 24.3 Å². The first-order valence-corrected chi connectivity index (χ1v) is 8.58. The molecule has 0 saturated carbocycles. The lowest BCUT2D eigenvalue weighted by molar-refractivity contribution is -0.122. The summed E-state index contributed by atoms with van der Waals surface area (Å²) in [5.74, 6) is -3.49. The Morgan fingerprint density at radius 1 is 0.607 bits per heavy atom. The van der Waals surface area contributed by atoms with Gasteiger partial charge in [0.2, 0.25) is 11.8 Å². The predicted molar refractivity (Wildman–Crippen MR) is 96.6 cm³/mol. The molecule has 0 aromatic carbocycles. The number of hydrogen-bond donors (Lipinski definition) is 0. The van der Waals surface area contributed by atoms with E-state index in [1.54, 1.807) is 24.3 Å². The van der Waals surface area contributed by atoms with E-state index in [9.17, 15) is 19.2 Å². The lowest BCUT2D eigenvalue weighted by Crippen LogP contribution is -2.31. The second-order valence-electron chi connectivity index (χ2n) is 6.58. The van der Waals surface area contributed by atoms with Gasteiger partial charge in [0.05, 0.1) is 23.2 Å². The summed E-state index contributed by atoms with van der Waals surface area (Å²) in [6.07, 6.45) is 8.84. The molecule has 2 atom stereocenters. The van der Waals surface area contributed by atoms with Crippen LogP contribution < -0.4 is 9.80 Å². The standard InChI is InChI=1S/C20H12N4O4/c25-17-13-9-15-16(20(28)24(19(15)27)12-3-7-22-8-4-12)10-14(13)18(26)23(17)11-1-5-21-6-2-11/h1-10,13-14H. The summed E-state index contributed by atoms with van der Waals surface area (Å²) in [4.78, 5) is 61.3. The molecule has 2 fully saturated rings. The Morgan fingerprint density at radius 2 is 1.00 bits per heavy atom. The number of carbonyl (C=O) groups excluding carboxylic acids is 4. The lowest BCUT2D eigenvalue weighted by Gasteiger charge is -2.13. The molecule has 2 aromatic heterocycles. The number of aromatic nitrogens is 2. The smallest absolute Gasteiger partial charge is 0.265 e. The van der Waals surface area contributed by atoms with Crippen molar-refractivity contribution in [1.29, 1.82) is 0 Å². The van der Waals surface area contributed by atoms with Gasteiger partial charge in [-0.25, -0.2) is 9.80 Å². The molecule has 28 heavy (non-hydrogen) atoms. The van der Waals surface area contributed by atoms with Crippen LogP contribution in [-0.2, 0) is 19.2 Å². The monoisotopic (exact) mass is 372 g/mol. The third-order valence-corrected chi connectivity index (χ3v) is 5.09. The summed E-state index contributed by atoms with van der Waals surface area (Å²) in [6, 6.07) is 6.23. The van der Waals surface area contributed by atoms with Gasteiger partial charge in [-0.3, -0.25) is 29.1 Å². The van der Waals surface area contributed by atoms with Crippen LogP contribution in [0.1, 0.15) is 0 Å². The van der Waals surface area contributed by atoms with Gasteiger partial charge in [0.25, 0.3) is 11.8 Å². The molecular weight excluding hydrogens is 360 g/mol. The molecule has 0 bridgehead atoms. The van der Waals surface area contributed by atoms with Crippen LogP contribution >= 0.6 is 0 Å². The number of hydrogen-bond acceptors (Lipinski definition) is 6. The first-order chi connectivity index (χ1) is 13.6. The molecule has 0 N–H and O–H groups in total. The molecule has 4 amide bonds. The van der Waals surface area contributed by atoms with Gasteiger partial charge < -0.3 is 0 Å². The maximum Gasteiger partial charge on any atom is 0.265 e. The van der Waals surface area contributed by atoms with E-state index in [0.29, 0.717) is 11.4 Å². The molecule has 5 rings (SSSR count). The molecule has 4 heterocycles. The second-order valence-corrected chi connectivity index (χ2v) is 6.58. The summed E-state index contributed by atoms with van der Waals surface area (Å²) in [5, 5.41) is 0. The van der Waals surface area contributed by atoms with Crippen LogP contribution in [-0.4, -0.2) is 33.6 Å². The Kier molecular flexibility index (Phi) is 3.35. The molecule has 2 aliphatic heterocycles. The number of imide groups is 2. The Morgan fingerprint density at radius 3 is 1.43 bits per heavy atom. The third kappa shape index (κ3) is 2.11. The number of carbonyl (C=O) groups is 4. The van der Waals surface area contributed by atoms with E-state index in [4.69, 9.17) is 0 Å². The van der Waals surface area contributed by atoms with E-state index in [0.717, 1.165) is 9.80 Å². The average molecular weight is 372 g/mol. The highest BCUT2D eigenvalue weighted by Gasteiger charge is 2.52. The molecule has 0 spiro atoms. The molecule has 136 valence electrons. The minimum absolute atomic E-state index is 0.154. The highest BCUT2D eigenvalue weighted by Crippen LogP contribution is 2.41. The normalized spacial score (nSPS) is 23.6. The van der Waals surface area contributed by atoms with Gasteiger partial charge in [0, 0.05) is 35.9 Å². The van der Waals surface area contributed by atoms with Crippen LogP contribution in [0.15, 0.2) is 72.4 Å². The van der Waals surface area contributed by atoms with Crippen molar-refractivity contribution in [2.24, 2.45) is 11.8 Å². The number of nitrogens with zero attached hydrogens (tertiary/aromatic N) is 4. The summed E-state index contributed by atoms with van der Waals surface area (Å²) in [7, 11) is 0. The molecule has 1 aliphatic carbocycles. The summed E-state index contributed by atoms with van der Waals surface area (Å²) < 4.78 is 0. The van der Waals surface area contributed by atoms with E-state index in [-0.39, 0.29) is 11.1 Å². The third-order valence-electron chi connectivity index (χ3n) is 5.09. The molecular formula is C20H12N4O4. The quantitative estimate of drug-likeness (QED) is 0.730. The summed E-state index contributed by atoms with van der Waals surface area (Å²) >= 11 is 0. The number of anilines is 2. The fourth-order valence-electron chi connectivity index (χ4n) is 3.78. The van der Waals surface area contributed by atoms with Gasteiger partial charge in [-0.2, -0.15) is 0 Å². The second kappa shape index (κ2) is 5.78. The fraction of sp³-hybridized carbons (Fsp3) is 0.100. The van der Waals surface area contributed by atoms with Gasteiger partial charge in [0.15, 0.2) is 0 Å². The Balaban J connectivity index is 1.55. The number of pyridine rings is 2. The average Bonchev–Trinajstić information content (AvgIpc) is 3.12. The van der Waals surface area contributed by atoms with E-state index in [1.165, 1.54) is 36.9 Å².